The average molecular weight is 452 g/mol. The Morgan fingerprint density at radius 1 is 1.00 bits per heavy atom. The Hall–Kier alpha value is -3.81. The highest BCUT2D eigenvalue weighted by Crippen LogP contribution is 2.33. The van der Waals surface area contributed by atoms with Crippen molar-refractivity contribution < 1.29 is 27.9 Å². The number of carbonyl (C=O) groups is 2. The summed E-state index contributed by atoms with van der Waals surface area (Å²) in [5.74, 6) is 0.453. The first-order valence-corrected chi connectivity index (χ1v) is 10.7. The van der Waals surface area contributed by atoms with Crippen LogP contribution in [0.1, 0.15) is 35.5 Å². The van der Waals surface area contributed by atoms with Crippen LogP contribution >= 0.6 is 0 Å². The van der Waals surface area contributed by atoms with Crippen molar-refractivity contribution in [3.8, 4) is 11.5 Å². The number of nitrogens with zero attached hydrogens (tertiary/aromatic N) is 2. The molecule has 2 aromatic carbocycles. The molecular formula is C25H25FN2O5. The normalized spacial score (nSPS) is 12.1. The van der Waals surface area contributed by atoms with Crippen LogP contribution in [0, 0.1) is 5.82 Å². The number of fused-ring (bicyclic) bond motifs is 1. The second kappa shape index (κ2) is 9.77. The maximum absolute atomic E-state index is 14.2. The molecular weight excluding hydrogens is 427 g/mol. The highest BCUT2D eigenvalue weighted by atomic mass is 19.1. The van der Waals surface area contributed by atoms with Crippen LogP contribution in [-0.2, 0) is 17.9 Å². The van der Waals surface area contributed by atoms with Crippen LogP contribution in [0.25, 0.3) is 0 Å². The van der Waals surface area contributed by atoms with Crippen molar-refractivity contribution in [3.05, 3.63) is 83.6 Å². The lowest BCUT2D eigenvalue weighted by molar-refractivity contribution is -0.133. The summed E-state index contributed by atoms with van der Waals surface area (Å²) in [5.41, 5.74) is 0.781. The quantitative estimate of drug-likeness (QED) is 0.512. The molecule has 0 saturated carbocycles. The Morgan fingerprint density at radius 2 is 1.79 bits per heavy atom. The number of halogens is 1. The van der Waals surface area contributed by atoms with Gasteiger partial charge in [-0.05, 0) is 55.8 Å². The summed E-state index contributed by atoms with van der Waals surface area (Å²) in [5, 5.41) is 0. The van der Waals surface area contributed by atoms with Gasteiger partial charge in [-0.25, -0.2) is 4.39 Å². The van der Waals surface area contributed by atoms with Gasteiger partial charge in [0.25, 0.3) is 5.91 Å². The van der Waals surface area contributed by atoms with E-state index in [2.05, 4.69) is 0 Å². The van der Waals surface area contributed by atoms with E-state index in [1.165, 1.54) is 23.1 Å². The Morgan fingerprint density at radius 3 is 2.52 bits per heavy atom. The van der Waals surface area contributed by atoms with Gasteiger partial charge >= 0.3 is 0 Å². The number of amides is 2. The first-order chi connectivity index (χ1) is 15.9. The largest absolute Gasteiger partial charge is 0.467 e. The molecule has 0 unspecified atom stereocenters. The Kier molecular flexibility index (Phi) is 6.63. The molecule has 0 saturated heterocycles. The molecule has 0 fully saturated rings. The molecule has 0 radical (unpaired) electrons. The predicted octanol–water partition coefficient (Wildman–Crippen LogP) is 4.23. The van der Waals surface area contributed by atoms with E-state index < -0.39 is 11.7 Å². The molecule has 2 amide bonds. The molecule has 2 heterocycles. The molecule has 1 aromatic heterocycles. The van der Waals surface area contributed by atoms with Crippen LogP contribution in [-0.4, -0.2) is 41.0 Å². The van der Waals surface area contributed by atoms with E-state index >= 15 is 0 Å². The summed E-state index contributed by atoms with van der Waals surface area (Å²) >= 11 is 0. The van der Waals surface area contributed by atoms with Crippen LogP contribution in [0.2, 0.25) is 0 Å². The van der Waals surface area contributed by atoms with E-state index in [4.69, 9.17) is 13.9 Å². The summed E-state index contributed by atoms with van der Waals surface area (Å²) in [4.78, 5) is 29.4. The monoisotopic (exact) mass is 452 g/mol. The first-order valence-electron chi connectivity index (χ1n) is 10.7. The van der Waals surface area contributed by atoms with E-state index in [0.717, 1.165) is 5.56 Å². The zero-order chi connectivity index (χ0) is 23.4. The van der Waals surface area contributed by atoms with Gasteiger partial charge in [0.2, 0.25) is 12.7 Å². The molecule has 7 nitrogen and oxygen atoms in total. The van der Waals surface area contributed by atoms with E-state index in [9.17, 15) is 14.0 Å². The minimum absolute atomic E-state index is 0.0626. The standard InChI is InChI=1S/C25H25FN2O5/c1-17(2)28(25(30)20-7-3-4-8-21(20)26)15-24(29)27(14-19-6-5-11-31-19)13-18-9-10-22-23(12-18)33-16-32-22/h3-12,17H,13-16H2,1-2H3. The molecule has 0 bridgehead atoms. The van der Waals surface area contributed by atoms with E-state index in [1.54, 1.807) is 49.3 Å². The molecule has 0 spiro atoms. The minimum Gasteiger partial charge on any atom is -0.467 e. The highest BCUT2D eigenvalue weighted by Gasteiger charge is 2.27. The molecule has 0 N–H and O–H groups in total. The van der Waals surface area contributed by atoms with Crippen molar-refractivity contribution in [2.75, 3.05) is 13.3 Å². The van der Waals surface area contributed by atoms with Crippen LogP contribution in [0.3, 0.4) is 0 Å². The maximum Gasteiger partial charge on any atom is 0.257 e. The van der Waals surface area contributed by atoms with Crippen LogP contribution in [0.15, 0.2) is 65.3 Å². The third-order valence-electron chi connectivity index (χ3n) is 5.38. The SMILES string of the molecule is CC(C)N(CC(=O)N(Cc1ccc2c(c1)OCO2)Cc1ccco1)C(=O)c1ccccc1F. The van der Waals surface area contributed by atoms with Gasteiger partial charge in [0, 0.05) is 12.6 Å². The van der Waals surface area contributed by atoms with Gasteiger partial charge in [0.05, 0.1) is 18.4 Å². The summed E-state index contributed by atoms with van der Waals surface area (Å²) < 4.78 is 30.5. The van der Waals surface area contributed by atoms with Crippen molar-refractivity contribution in [1.82, 2.24) is 9.80 Å². The van der Waals surface area contributed by atoms with E-state index in [1.807, 2.05) is 12.1 Å². The molecule has 172 valence electrons. The summed E-state index contributed by atoms with van der Waals surface area (Å²) in [6.07, 6.45) is 1.54. The topological polar surface area (TPSA) is 72.2 Å². The Labute approximate surface area is 191 Å². The van der Waals surface area contributed by atoms with Gasteiger partial charge in [-0.15, -0.1) is 0 Å². The summed E-state index contributed by atoms with van der Waals surface area (Å²) in [7, 11) is 0. The van der Waals surface area contributed by atoms with Crippen LogP contribution < -0.4 is 9.47 Å². The number of benzene rings is 2. The van der Waals surface area contributed by atoms with Crippen molar-refractivity contribution in [1.29, 1.82) is 0 Å². The van der Waals surface area contributed by atoms with Gasteiger partial charge < -0.3 is 23.7 Å². The van der Waals surface area contributed by atoms with Gasteiger partial charge in [0.1, 0.15) is 18.1 Å². The van der Waals surface area contributed by atoms with E-state index in [-0.39, 0.29) is 43.9 Å². The number of carbonyl (C=O) groups excluding carboxylic acids is 2. The lowest BCUT2D eigenvalue weighted by Gasteiger charge is -2.30. The molecule has 1 aliphatic heterocycles. The summed E-state index contributed by atoms with van der Waals surface area (Å²) in [6, 6.07) is 14.5. The van der Waals surface area contributed by atoms with Gasteiger partial charge in [-0.1, -0.05) is 18.2 Å². The smallest absolute Gasteiger partial charge is 0.257 e. The lowest BCUT2D eigenvalue weighted by Crippen LogP contribution is -2.45. The number of hydrogen-bond acceptors (Lipinski definition) is 5. The molecule has 8 heteroatoms. The Bertz CT molecular complexity index is 1130. The predicted molar refractivity (Wildman–Crippen MR) is 118 cm³/mol. The highest BCUT2D eigenvalue weighted by molar-refractivity contribution is 5.97. The van der Waals surface area contributed by atoms with Crippen molar-refractivity contribution in [2.24, 2.45) is 0 Å². The molecule has 4 rings (SSSR count). The first kappa shape index (κ1) is 22.4. The zero-order valence-corrected chi connectivity index (χ0v) is 18.5. The molecule has 0 atom stereocenters. The second-order valence-electron chi connectivity index (χ2n) is 8.02. The number of ether oxygens (including phenoxy) is 2. The maximum atomic E-state index is 14.2. The number of furan rings is 1. The number of rotatable bonds is 8. The van der Waals surface area contributed by atoms with Crippen molar-refractivity contribution in [3.63, 3.8) is 0 Å². The minimum atomic E-state index is -0.617. The third-order valence-corrected chi connectivity index (χ3v) is 5.38. The summed E-state index contributed by atoms with van der Waals surface area (Å²) in [6.45, 7) is 4.04. The second-order valence-corrected chi connectivity index (χ2v) is 8.02. The molecule has 3 aromatic rings. The fourth-order valence-electron chi connectivity index (χ4n) is 3.61. The molecule has 33 heavy (non-hydrogen) atoms. The van der Waals surface area contributed by atoms with Crippen molar-refractivity contribution in [2.45, 2.75) is 33.0 Å². The van der Waals surface area contributed by atoms with Gasteiger partial charge in [0.15, 0.2) is 11.5 Å². The van der Waals surface area contributed by atoms with Crippen LogP contribution in [0.5, 0.6) is 11.5 Å². The fourth-order valence-corrected chi connectivity index (χ4v) is 3.61. The zero-order valence-electron chi connectivity index (χ0n) is 18.5. The third kappa shape index (κ3) is 5.16. The molecule has 0 aliphatic carbocycles. The lowest BCUT2D eigenvalue weighted by atomic mass is 10.1. The van der Waals surface area contributed by atoms with Gasteiger partial charge in [-0.2, -0.15) is 0 Å². The average Bonchev–Trinajstić information content (AvgIpc) is 3.48. The van der Waals surface area contributed by atoms with Crippen LogP contribution in [0.4, 0.5) is 4.39 Å². The van der Waals surface area contributed by atoms with Gasteiger partial charge in [-0.3, -0.25) is 9.59 Å². The van der Waals surface area contributed by atoms with E-state index in [0.29, 0.717) is 17.3 Å². The van der Waals surface area contributed by atoms with Crippen molar-refractivity contribution >= 4 is 11.8 Å². The Balaban J connectivity index is 1.55. The number of hydrogen-bond donors (Lipinski definition) is 0. The molecule has 1 aliphatic rings. The fraction of sp³-hybridized carbons (Fsp3) is 0.280.